The van der Waals surface area contributed by atoms with Crippen molar-refractivity contribution in [2.45, 2.75) is 74.8 Å². The molecule has 0 spiro atoms. The van der Waals surface area contributed by atoms with E-state index in [-0.39, 0.29) is 30.3 Å². The van der Waals surface area contributed by atoms with Crippen LogP contribution in [0.15, 0.2) is 48.5 Å². The molecule has 236 valence electrons. The minimum absolute atomic E-state index is 0.0544. The fourth-order valence-electron chi connectivity index (χ4n) is 4.60. The molecule has 2 fully saturated rings. The van der Waals surface area contributed by atoms with E-state index in [0.717, 1.165) is 6.08 Å². The molecule has 0 aromatic heterocycles. The molecular weight excluding hydrogens is 572 g/mol. The maximum absolute atomic E-state index is 12.4. The number of benzene rings is 2. The molecule has 2 aromatic rings. The normalized spacial score (nSPS) is 33.0. The summed E-state index contributed by atoms with van der Waals surface area (Å²) in [6, 6.07) is 10.2. The number of ether oxygens (including phenoxy) is 5. The molecule has 2 aromatic carbocycles. The molecule has 10 atom stereocenters. The molecule has 0 bridgehead atoms. The van der Waals surface area contributed by atoms with Crippen LogP contribution in [0.4, 0.5) is 0 Å². The number of aliphatic hydroxyl groups excluding tert-OH is 5. The standard InChI is InChI=1S/C29H36O14/c1-14-22(34)24(36)25(37)29(41-14)43-27-23(35)20(13-40-21(33)9-5-15-2-6-17(30)7-3-15)42-28(26(27)38)39-11-10-16-4-8-18(31)19(32)12-16/h2-9,12,14,20,22-32,34-38H,10-11,13H2,1H3/b9-5+/t14-,20+,22-,23+,24+,25+,26+,27-,28+,29-/m0/s1. The lowest BCUT2D eigenvalue weighted by Crippen LogP contribution is -2.64. The van der Waals surface area contributed by atoms with Crippen molar-refractivity contribution >= 4 is 12.0 Å². The largest absolute Gasteiger partial charge is 0.508 e. The molecule has 0 saturated carbocycles. The minimum Gasteiger partial charge on any atom is -0.508 e. The molecule has 4 rings (SSSR count). The number of carbonyl (C=O) groups is 1. The smallest absolute Gasteiger partial charge is 0.330 e. The molecular formula is C29H36O14. The van der Waals surface area contributed by atoms with Crippen molar-refractivity contribution in [1.82, 2.24) is 0 Å². The number of rotatable bonds is 10. The third-order valence-corrected chi connectivity index (χ3v) is 7.15. The first-order valence-electron chi connectivity index (χ1n) is 13.6. The topological polar surface area (TPSA) is 225 Å². The van der Waals surface area contributed by atoms with Crippen LogP contribution in [-0.4, -0.2) is 121 Å². The fourth-order valence-corrected chi connectivity index (χ4v) is 4.60. The van der Waals surface area contributed by atoms with Gasteiger partial charge in [0, 0.05) is 6.08 Å². The van der Waals surface area contributed by atoms with E-state index in [1.807, 2.05) is 0 Å². The van der Waals surface area contributed by atoms with Gasteiger partial charge in [-0.3, -0.25) is 0 Å². The lowest BCUT2D eigenvalue weighted by atomic mass is 9.97. The number of phenolic OH excluding ortho intramolecular Hbond substituents is 3. The van der Waals surface area contributed by atoms with Gasteiger partial charge in [0.15, 0.2) is 24.1 Å². The lowest BCUT2D eigenvalue weighted by Gasteiger charge is -2.45. The Labute approximate surface area is 246 Å². The zero-order chi connectivity index (χ0) is 31.3. The Bertz CT molecular complexity index is 1240. The minimum atomic E-state index is -1.73. The van der Waals surface area contributed by atoms with E-state index in [1.54, 1.807) is 18.2 Å². The van der Waals surface area contributed by atoms with Crippen LogP contribution in [-0.2, 0) is 34.9 Å². The number of esters is 1. The van der Waals surface area contributed by atoms with Crippen LogP contribution in [0.1, 0.15) is 18.1 Å². The van der Waals surface area contributed by atoms with Gasteiger partial charge in [0.05, 0.1) is 12.7 Å². The maximum Gasteiger partial charge on any atom is 0.330 e. The second kappa shape index (κ2) is 14.4. The molecule has 43 heavy (non-hydrogen) atoms. The molecule has 14 nitrogen and oxygen atoms in total. The van der Waals surface area contributed by atoms with Crippen LogP contribution in [0.5, 0.6) is 17.2 Å². The zero-order valence-electron chi connectivity index (χ0n) is 23.1. The van der Waals surface area contributed by atoms with Gasteiger partial charge in [-0.1, -0.05) is 18.2 Å². The molecule has 8 N–H and O–H groups in total. The van der Waals surface area contributed by atoms with Crippen LogP contribution in [0.2, 0.25) is 0 Å². The molecule has 0 radical (unpaired) electrons. The SMILES string of the molecule is C[C@@H]1O[C@@H](O[C@@H]2[C@@H](O)[C@H](OCCc3ccc(O)c(O)c3)O[C@H](COC(=O)/C=C/c3ccc(O)cc3)[C@H]2O)[C@H](O)[C@H](O)[C@H]1O. The average molecular weight is 609 g/mol. The molecule has 2 aliphatic rings. The molecule has 14 heteroatoms. The molecule has 2 saturated heterocycles. The van der Waals surface area contributed by atoms with E-state index in [2.05, 4.69) is 0 Å². The predicted octanol–water partition coefficient (Wildman–Crippen LogP) is -0.722. The number of hydrogen-bond donors (Lipinski definition) is 8. The number of carbonyl (C=O) groups excluding carboxylic acids is 1. The van der Waals surface area contributed by atoms with Crippen LogP contribution >= 0.6 is 0 Å². The maximum atomic E-state index is 12.4. The van der Waals surface area contributed by atoms with Crippen LogP contribution < -0.4 is 0 Å². The van der Waals surface area contributed by atoms with Crippen molar-refractivity contribution in [2.24, 2.45) is 0 Å². The Morgan fingerprint density at radius 1 is 0.837 bits per heavy atom. The van der Waals surface area contributed by atoms with Gasteiger partial charge in [0.1, 0.15) is 55.1 Å². The summed E-state index contributed by atoms with van der Waals surface area (Å²) >= 11 is 0. The Kier molecular flexibility index (Phi) is 10.9. The van der Waals surface area contributed by atoms with E-state index in [1.165, 1.54) is 37.3 Å². The van der Waals surface area contributed by atoms with Crippen molar-refractivity contribution in [3.63, 3.8) is 0 Å². The van der Waals surface area contributed by atoms with Gasteiger partial charge in [-0.05, 0) is 54.8 Å². The van der Waals surface area contributed by atoms with E-state index in [9.17, 15) is 45.6 Å². The van der Waals surface area contributed by atoms with E-state index in [4.69, 9.17) is 23.7 Å². The molecule has 2 heterocycles. The van der Waals surface area contributed by atoms with Gasteiger partial charge < -0.3 is 64.5 Å². The van der Waals surface area contributed by atoms with Crippen LogP contribution in [0, 0.1) is 0 Å². The Morgan fingerprint density at radius 3 is 2.26 bits per heavy atom. The van der Waals surface area contributed by atoms with Crippen molar-refractivity contribution in [3.05, 3.63) is 59.7 Å². The summed E-state index contributed by atoms with van der Waals surface area (Å²) in [7, 11) is 0. The Morgan fingerprint density at radius 2 is 1.56 bits per heavy atom. The van der Waals surface area contributed by atoms with E-state index >= 15 is 0 Å². The number of aliphatic hydroxyl groups is 5. The van der Waals surface area contributed by atoms with E-state index in [0.29, 0.717) is 11.1 Å². The highest BCUT2D eigenvalue weighted by Crippen LogP contribution is 2.30. The van der Waals surface area contributed by atoms with Gasteiger partial charge in [0.2, 0.25) is 0 Å². The van der Waals surface area contributed by atoms with Gasteiger partial charge >= 0.3 is 5.97 Å². The number of phenols is 3. The van der Waals surface area contributed by atoms with E-state index < -0.39 is 74.0 Å². The highest BCUT2D eigenvalue weighted by Gasteiger charge is 2.50. The van der Waals surface area contributed by atoms with Gasteiger partial charge in [-0.15, -0.1) is 0 Å². The lowest BCUT2D eigenvalue weighted by molar-refractivity contribution is -0.357. The fraction of sp³-hybridized carbons (Fsp3) is 0.483. The van der Waals surface area contributed by atoms with Gasteiger partial charge in [0.25, 0.3) is 0 Å². The highest BCUT2D eigenvalue weighted by molar-refractivity contribution is 5.87. The second-order valence-electron chi connectivity index (χ2n) is 10.3. The van der Waals surface area contributed by atoms with Crippen LogP contribution in [0.25, 0.3) is 6.08 Å². The summed E-state index contributed by atoms with van der Waals surface area (Å²) in [4.78, 5) is 12.4. The molecule has 2 aliphatic heterocycles. The quantitative estimate of drug-likeness (QED) is 0.0947. The summed E-state index contributed by atoms with van der Waals surface area (Å²) in [6.45, 7) is 0.888. The molecule has 0 unspecified atom stereocenters. The number of aromatic hydroxyl groups is 3. The summed E-state index contributed by atoms with van der Waals surface area (Å²) in [6.07, 6.45) is -12.0. The Balaban J connectivity index is 1.44. The number of hydrogen-bond acceptors (Lipinski definition) is 14. The molecule has 0 aliphatic carbocycles. The zero-order valence-corrected chi connectivity index (χ0v) is 23.1. The first-order chi connectivity index (χ1) is 20.4. The highest BCUT2D eigenvalue weighted by atomic mass is 16.7. The first kappa shape index (κ1) is 32.6. The third kappa shape index (κ3) is 8.20. The molecule has 0 amide bonds. The summed E-state index contributed by atoms with van der Waals surface area (Å²) < 4.78 is 27.8. The predicted molar refractivity (Wildman–Crippen MR) is 145 cm³/mol. The monoisotopic (exact) mass is 608 g/mol. The third-order valence-electron chi connectivity index (χ3n) is 7.15. The van der Waals surface area contributed by atoms with Crippen molar-refractivity contribution < 1.29 is 69.3 Å². The van der Waals surface area contributed by atoms with Gasteiger partial charge in [-0.25, -0.2) is 4.79 Å². The second-order valence-corrected chi connectivity index (χ2v) is 10.3. The van der Waals surface area contributed by atoms with Crippen LogP contribution in [0.3, 0.4) is 0 Å². The van der Waals surface area contributed by atoms with Crippen molar-refractivity contribution in [2.75, 3.05) is 13.2 Å². The van der Waals surface area contributed by atoms with Gasteiger partial charge in [-0.2, -0.15) is 0 Å². The summed E-state index contributed by atoms with van der Waals surface area (Å²) in [5, 5.41) is 81.2. The first-order valence-corrected chi connectivity index (χ1v) is 13.6. The summed E-state index contributed by atoms with van der Waals surface area (Å²) in [5.74, 6) is -1.34. The van der Waals surface area contributed by atoms with Crippen molar-refractivity contribution in [1.29, 1.82) is 0 Å². The average Bonchev–Trinajstić information content (AvgIpc) is 2.98. The van der Waals surface area contributed by atoms with Crippen molar-refractivity contribution in [3.8, 4) is 17.2 Å². The Hall–Kier alpha value is -3.31. The summed E-state index contributed by atoms with van der Waals surface area (Å²) in [5.41, 5.74) is 1.21.